The van der Waals surface area contributed by atoms with Crippen LogP contribution in [0.4, 0.5) is 0 Å². The summed E-state index contributed by atoms with van der Waals surface area (Å²) >= 11 is 1.94. The molecule has 3 rings (SSSR count). The molecule has 2 nitrogen and oxygen atoms in total. The first kappa shape index (κ1) is 14.6. The Morgan fingerprint density at radius 2 is 2.14 bits per heavy atom. The number of nitrogens with one attached hydrogen (secondary N) is 1. The molecule has 112 valence electrons. The SMILES string of the molecule is CCc1ccc(C(CC2CCOc3ccccc32)NC)s1. The Labute approximate surface area is 131 Å². The van der Waals surface area contributed by atoms with Crippen molar-refractivity contribution in [2.75, 3.05) is 13.7 Å². The van der Waals surface area contributed by atoms with Crippen LogP contribution in [-0.4, -0.2) is 13.7 Å². The predicted molar refractivity (Wildman–Crippen MR) is 89.4 cm³/mol. The zero-order valence-electron chi connectivity index (χ0n) is 12.8. The quantitative estimate of drug-likeness (QED) is 0.876. The lowest BCUT2D eigenvalue weighted by Gasteiger charge is -2.28. The molecular weight excluding hydrogens is 278 g/mol. The summed E-state index contributed by atoms with van der Waals surface area (Å²) < 4.78 is 5.78. The van der Waals surface area contributed by atoms with Crippen LogP contribution in [0.25, 0.3) is 0 Å². The van der Waals surface area contributed by atoms with Gasteiger partial charge in [-0.1, -0.05) is 25.1 Å². The van der Waals surface area contributed by atoms with E-state index in [4.69, 9.17) is 4.74 Å². The number of hydrogen-bond acceptors (Lipinski definition) is 3. The van der Waals surface area contributed by atoms with Crippen LogP contribution < -0.4 is 10.1 Å². The second-order valence-corrected chi connectivity index (χ2v) is 6.81. The summed E-state index contributed by atoms with van der Waals surface area (Å²) in [6, 6.07) is 13.5. The average molecular weight is 301 g/mol. The fourth-order valence-corrected chi connectivity index (χ4v) is 4.17. The van der Waals surface area contributed by atoms with Crippen LogP contribution in [0, 0.1) is 0 Å². The molecule has 3 heteroatoms. The van der Waals surface area contributed by atoms with Gasteiger partial charge in [-0.15, -0.1) is 11.3 Å². The summed E-state index contributed by atoms with van der Waals surface area (Å²) in [7, 11) is 2.07. The summed E-state index contributed by atoms with van der Waals surface area (Å²) in [6.45, 7) is 3.06. The molecule has 2 unspecified atom stereocenters. The van der Waals surface area contributed by atoms with E-state index >= 15 is 0 Å². The van der Waals surface area contributed by atoms with E-state index in [0.717, 1.165) is 31.6 Å². The van der Waals surface area contributed by atoms with Crippen molar-refractivity contribution in [3.05, 3.63) is 51.7 Å². The van der Waals surface area contributed by atoms with Crippen LogP contribution in [0.5, 0.6) is 5.75 Å². The van der Waals surface area contributed by atoms with Gasteiger partial charge in [-0.05, 0) is 56.0 Å². The van der Waals surface area contributed by atoms with E-state index in [1.54, 1.807) is 0 Å². The van der Waals surface area contributed by atoms with Gasteiger partial charge in [0.25, 0.3) is 0 Å². The maximum atomic E-state index is 5.78. The second-order valence-electron chi connectivity index (χ2n) is 5.61. The van der Waals surface area contributed by atoms with Crippen molar-refractivity contribution < 1.29 is 4.74 Å². The van der Waals surface area contributed by atoms with Gasteiger partial charge in [-0.2, -0.15) is 0 Å². The molecule has 2 atom stereocenters. The molecule has 2 heterocycles. The molecule has 0 fully saturated rings. The highest BCUT2D eigenvalue weighted by atomic mass is 32.1. The highest BCUT2D eigenvalue weighted by Gasteiger charge is 2.25. The van der Waals surface area contributed by atoms with E-state index < -0.39 is 0 Å². The van der Waals surface area contributed by atoms with E-state index in [1.807, 2.05) is 11.3 Å². The van der Waals surface area contributed by atoms with Gasteiger partial charge in [0.15, 0.2) is 0 Å². The number of hydrogen-bond donors (Lipinski definition) is 1. The summed E-state index contributed by atoms with van der Waals surface area (Å²) in [5, 5.41) is 3.50. The number of benzene rings is 1. The van der Waals surface area contributed by atoms with Gasteiger partial charge in [0, 0.05) is 15.8 Å². The lowest BCUT2D eigenvalue weighted by molar-refractivity contribution is 0.256. The molecule has 0 amide bonds. The third kappa shape index (κ3) is 3.14. The van der Waals surface area contributed by atoms with Gasteiger partial charge in [-0.3, -0.25) is 0 Å². The van der Waals surface area contributed by atoms with Gasteiger partial charge in [0.1, 0.15) is 5.75 Å². The largest absolute Gasteiger partial charge is 0.493 e. The first-order valence-electron chi connectivity index (χ1n) is 7.79. The molecule has 2 aromatic rings. The van der Waals surface area contributed by atoms with Gasteiger partial charge in [-0.25, -0.2) is 0 Å². The van der Waals surface area contributed by atoms with Crippen LogP contribution in [0.3, 0.4) is 0 Å². The number of ether oxygens (including phenoxy) is 1. The first-order valence-corrected chi connectivity index (χ1v) is 8.61. The maximum Gasteiger partial charge on any atom is 0.122 e. The zero-order valence-corrected chi connectivity index (χ0v) is 13.6. The Hall–Kier alpha value is -1.32. The minimum Gasteiger partial charge on any atom is -0.493 e. The minimum atomic E-state index is 0.437. The molecule has 0 bridgehead atoms. The van der Waals surface area contributed by atoms with E-state index in [-0.39, 0.29) is 0 Å². The molecule has 1 aliphatic rings. The Morgan fingerprint density at radius 3 is 2.90 bits per heavy atom. The monoisotopic (exact) mass is 301 g/mol. The van der Waals surface area contributed by atoms with Crippen LogP contribution in [0.15, 0.2) is 36.4 Å². The Morgan fingerprint density at radius 1 is 1.29 bits per heavy atom. The van der Waals surface area contributed by atoms with Crippen LogP contribution in [-0.2, 0) is 6.42 Å². The molecular formula is C18H23NOS. The van der Waals surface area contributed by atoms with Gasteiger partial charge in [0.2, 0.25) is 0 Å². The number of rotatable bonds is 5. The van der Waals surface area contributed by atoms with E-state index in [9.17, 15) is 0 Å². The summed E-state index contributed by atoms with van der Waals surface area (Å²) in [6.07, 6.45) is 3.38. The van der Waals surface area contributed by atoms with Crippen molar-refractivity contribution in [1.82, 2.24) is 5.32 Å². The normalized spacial score (nSPS) is 18.9. The molecule has 1 aromatic carbocycles. The Bertz CT molecular complexity index is 592. The van der Waals surface area contributed by atoms with E-state index in [0.29, 0.717) is 12.0 Å². The van der Waals surface area contributed by atoms with Crippen molar-refractivity contribution >= 4 is 11.3 Å². The van der Waals surface area contributed by atoms with Gasteiger partial charge >= 0.3 is 0 Å². The molecule has 1 N–H and O–H groups in total. The molecule has 0 aliphatic carbocycles. The number of aryl methyl sites for hydroxylation is 1. The predicted octanol–water partition coefficient (Wildman–Crippen LogP) is 4.53. The molecule has 0 saturated carbocycles. The molecule has 1 aromatic heterocycles. The number of para-hydroxylation sites is 1. The van der Waals surface area contributed by atoms with Crippen LogP contribution in [0.2, 0.25) is 0 Å². The lowest BCUT2D eigenvalue weighted by atomic mass is 9.87. The van der Waals surface area contributed by atoms with Crippen molar-refractivity contribution in [2.45, 2.75) is 38.1 Å². The van der Waals surface area contributed by atoms with Crippen molar-refractivity contribution in [2.24, 2.45) is 0 Å². The maximum absolute atomic E-state index is 5.78. The molecule has 0 radical (unpaired) electrons. The van der Waals surface area contributed by atoms with Gasteiger partial charge in [0.05, 0.1) is 6.61 Å². The fourth-order valence-electron chi connectivity index (χ4n) is 3.09. The van der Waals surface area contributed by atoms with E-state index in [1.165, 1.54) is 15.3 Å². The van der Waals surface area contributed by atoms with Crippen molar-refractivity contribution in [3.8, 4) is 5.75 Å². The van der Waals surface area contributed by atoms with E-state index in [2.05, 4.69) is 55.7 Å². The third-order valence-electron chi connectivity index (χ3n) is 4.33. The summed E-state index contributed by atoms with van der Waals surface area (Å²) in [5.74, 6) is 1.66. The highest BCUT2D eigenvalue weighted by molar-refractivity contribution is 7.12. The highest BCUT2D eigenvalue weighted by Crippen LogP contribution is 2.39. The van der Waals surface area contributed by atoms with Gasteiger partial charge < -0.3 is 10.1 Å². The zero-order chi connectivity index (χ0) is 14.7. The third-order valence-corrected chi connectivity index (χ3v) is 5.67. The summed E-state index contributed by atoms with van der Waals surface area (Å²) in [5.41, 5.74) is 1.37. The average Bonchev–Trinajstić information content (AvgIpc) is 3.01. The number of thiophene rings is 1. The number of fused-ring (bicyclic) bond motifs is 1. The first-order chi connectivity index (χ1) is 10.3. The van der Waals surface area contributed by atoms with Crippen molar-refractivity contribution in [3.63, 3.8) is 0 Å². The molecule has 0 spiro atoms. The second kappa shape index (κ2) is 6.63. The Kier molecular flexibility index (Phi) is 4.61. The standard InChI is InChI=1S/C18H23NOS/c1-3-14-8-9-18(21-14)16(19-2)12-13-10-11-20-17-7-5-4-6-15(13)17/h4-9,13,16,19H,3,10-12H2,1-2H3. The molecule has 1 aliphatic heterocycles. The smallest absolute Gasteiger partial charge is 0.122 e. The summed E-state index contributed by atoms with van der Waals surface area (Å²) in [4.78, 5) is 2.93. The molecule has 0 saturated heterocycles. The van der Waals surface area contributed by atoms with Crippen LogP contribution in [0.1, 0.15) is 47.0 Å². The topological polar surface area (TPSA) is 21.3 Å². The van der Waals surface area contributed by atoms with Crippen LogP contribution >= 0.6 is 11.3 Å². The Balaban J connectivity index is 1.78. The minimum absolute atomic E-state index is 0.437. The lowest BCUT2D eigenvalue weighted by Crippen LogP contribution is -2.22. The fraction of sp³-hybridized carbons (Fsp3) is 0.444. The van der Waals surface area contributed by atoms with Crippen molar-refractivity contribution in [1.29, 1.82) is 0 Å². The molecule has 21 heavy (non-hydrogen) atoms.